The Labute approximate surface area is 148 Å². The van der Waals surface area contributed by atoms with Gasteiger partial charge in [-0.3, -0.25) is 0 Å². The third-order valence-electron chi connectivity index (χ3n) is 4.77. The van der Waals surface area contributed by atoms with Gasteiger partial charge in [-0.05, 0) is 38.8 Å². The van der Waals surface area contributed by atoms with Crippen molar-refractivity contribution < 1.29 is 0 Å². The van der Waals surface area contributed by atoms with Gasteiger partial charge >= 0.3 is 0 Å². The summed E-state index contributed by atoms with van der Waals surface area (Å²) in [5.74, 6) is 2.03. The van der Waals surface area contributed by atoms with Gasteiger partial charge in [0.2, 0.25) is 0 Å². The lowest BCUT2D eigenvalue weighted by Gasteiger charge is -2.11. The van der Waals surface area contributed by atoms with E-state index in [0.29, 0.717) is 0 Å². The second kappa shape index (κ2) is 6.67. The molecule has 1 N–H and O–H groups in total. The second-order valence-electron chi connectivity index (χ2n) is 6.65. The molecule has 0 unspecified atom stereocenters. The topological polar surface area (TPSA) is 55.6 Å². The van der Waals surface area contributed by atoms with Gasteiger partial charge in [0.1, 0.15) is 11.6 Å². The van der Waals surface area contributed by atoms with E-state index in [2.05, 4.69) is 50.3 Å². The summed E-state index contributed by atoms with van der Waals surface area (Å²) < 4.78 is 2.30. The predicted octanol–water partition coefficient (Wildman–Crippen LogP) is 3.91. The molecule has 0 atom stereocenters. The predicted molar refractivity (Wildman–Crippen MR) is 99.4 cm³/mol. The van der Waals surface area contributed by atoms with E-state index in [1.165, 1.54) is 24.2 Å². The molecule has 1 aliphatic rings. The molecule has 3 heterocycles. The van der Waals surface area contributed by atoms with Gasteiger partial charge in [0, 0.05) is 54.4 Å². The van der Waals surface area contributed by atoms with Crippen molar-refractivity contribution in [3.63, 3.8) is 0 Å². The first-order valence-corrected chi connectivity index (χ1v) is 8.88. The smallest absolute Gasteiger partial charge is 0.125 e. The highest BCUT2D eigenvalue weighted by atomic mass is 15.1. The fourth-order valence-corrected chi connectivity index (χ4v) is 3.29. The molecule has 25 heavy (non-hydrogen) atoms. The molecule has 0 aliphatic carbocycles. The molecule has 1 aliphatic heterocycles. The van der Waals surface area contributed by atoms with Crippen molar-refractivity contribution in [3.8, 4) is 11.3 Å². The Morgan fingerprint density at radius 2 is 1.92 bits per heavy atom. The number of fused-ring (bicyclic) bond motifs is 1. The molecule has 5 heteroatoms. The van der Waals surface area contributed by atoms with E-state index in [1.807, 2.05) is 20.0 Å². The Balaban J connectivity index is 1.45. The maximum atomic E-state index is 4.79. The Hall–Kier alpha value is -2.69. The number of rotatable bonds is 4. The first-order chi connectivity index (χ1) is 12.2. The highest BCUT2D eigenvalue weighted by Crippen LogP contribution is 2.24. The molecule has 128 valence electrons. The molecule has 0 saturated carbocycles. The Morgan fingerprint density at radius 3 is 2.68 bits per heavy atom. The number of imidazole rings is 1. The van der Waals surface area contributed by atoms with Crippen molar-refractivity contribution in [1.29, 1.82) is 0 Å². The average molecular weight is 333 g/mol. The number of hydrogen-bond donors (Lipinski definition) is 1. The van der Waals surface area contributed by atoms with Crippen LogP contribution in [0, 0.1) is 13.8 Å². The van der Waals surface area contributed by atoms with Crippen LogP contribution in [0.2, 0.25) is 0 Å². The first kappa shape index (κ1) is 15.8. The standard InChI is InChI=1S/C20H23N5/c1-14-17(11-21-15(2)23-14)12-22-18-8-6-16(7-9-18)19-13-25-10-4-3-5-20(25)24-19/h6-9,11,13,22H,3-5,10,12H2,1-2H3. The number of aryl methyl sites for hydroxylation is 4. The van der Waals surface area contributed by atoms with Crippen LogP contribution in [0.25, 0.3) is 11.3 Å². The average Bonchev–Trinajstić information content (AvgIpc) is 3.05. The van der Waals surface area contributed by atoms with Crippen LogP contribution < -0.4 is 5.32 Å². The summed E-state index contributed by atoms with van der Waals surface area (Å²) in [5, 5.41) is 3.44. The molecule has 1 aromatic carbocycles. The van der Waals surface area contributed by atoms with E-state index in [0.717, 1.165) is 48.0 Å². The number of nitrogens with one attached hydrogen (secondary N) is 1. The number of nitrogens with zero attached hydrogens (tertiary/aromatic N) is 4. The van der Waals surface area contributed by atoms with Crippen LogP contribution in [0.1, 0.15) is 35.7 Å². The van der Waals surface area contributed by atoms with Crippen LogP contribution in [0.4, 0.5) is 5.69 Å². The van der Waals surface area contributed by atoms with Gasteiger partial charge in [0.05, 0.1) is 5.69 Å². The van der Waals surface area contributed by atoms with Gasteiger partial charge in [-0.25, -0.2) is 15.0 Å². The van der Waals surface area contributed by atoms with Gasteiger partial charge in [0.25, 0.3) is 0 Å². The van der Waals surface area contributed by atoms with E-state index >= 15 is 0 Å². The minimum absolute atomic E-state index is 0.726. The van der Waals surface area contributed by atoms with Crippen LogP contribution in [0.3, 0.4) is 0 Å². The molecule has 3 aromatic rings. The zero-order valence-electron chi connectivity index (χ0n) is 14.8. The summed E-state index contributed by atoms with van der Waals surface area (Å²) in [7, 11) is 0. The third-order valence-corrected chi connectivity index (χ3v) is 4.77. The normalized spacial score (nSPS) is 13.5. The van der Waals surface area contributed by atoms with Crippen LogP contribution in [-0.2, 0) is 19.5 Å². The minimum atomic E-state index is 0.726. The molecule has 4 rings (SSSR count). The number of anilines is 1. The monoisotopic (exact) mass is 333 g/mol. The summed E-state index contributed by atoms with van der Waals surface area (Å²) in [6.45, 7) is 5.76. The van der Waals surface area contributed by atoms with Crippen molar-refractivity contribution in [2.24, 2.45) is 0 Å². The van der Waals surface area contributed by atoms with Crippen LogP contribution in [-0.4, -0.2) is 19.5 Å². The van der Waals surface area contributed by atoms with Crippen LogP contribution >= 0.6 is 0 Å². The number of hydrogen-bond acceptors (Lipinski definition) is 4. The SMILES string of the molecule is Cc1ncc(CNc2ccc(-c3cn4c(n3)CCCC4)cc2)c(C)n1. The molecule has 0 bridgehead atoms. The Bertz CT molecular complexity index is 856. The molecule has 0 saturated heterocycles. The molecule has 2 aromatic heterocycles. The Morgan fingerprint density at radius 1 is 1.08 bits per heavy atom. The molecule has 0 fully saturated rings. The molecule has 0 spiro atoms. The van der Waals surface area contributed by atoms with E-state index in [-0.39, 0.29) is 0 Å². The van der Waals surface area contributed by atoms with E-state index in [9.17, 15) is 0 Å². The quantitative estimate of drug-likeness (QED) is 0.786. The molecular weight excluding hydrogens is 310 g/mol. The summed E-state index contributed by atoms with van der Waals surface area (Å²) in [5.41, 5.74) is 5.48. The van der Waals surface area contributed by atoms with Crippen molar-refractivity contribution >= 4 is 5.69 Å². The third kappa shape index (κ3) is 3.40. The lowest BCUT2D eigenvalue weighted by atomic mass is 10.1. The molecule has 0 radical (unpaired) electrons. The highest BCUT2D eigenvalue weighted by Gasteiger charge is 2.13. The second-order valence-corrected chi connectivity index (χ2v) is 6.65. The van der Waals surface area contributed by atoms with Gasteiger partial charge in [-0.2, -0.15) is 0 Å². The Kier molecular flexibility index (Phi) is 4.22. The maximum Gasteiger partial charge on any atom is 0.125 e. The fourth-order valence-electron chi connectivity index (χ4n) is 3.29. The lowest BCUT2D eigenvalue weighted by molar-refractivity contribution is 0.522. The van der Waals surface area contributed by atoms with Crippen LogP contribution in [0.15, 0.2) is 36.7 Å². The van der Waals surface area contributed by atoms with E-state index in [1.54, 1.807) is 0 Å². The highest BCUT2D eigenvalue weighted by molar-refractivity contribution is 5.62. The van der Waals surface area contributed by atoms with E-state index < -0.39 is 0 Å². The van der Waals surface area contributed by atoms with E-state index in [4.69, 9.17) is 4.98 Å². The molecule has 5 nitrogen and oxygen atoms in total. The lowest BCUT2D eigenvalue weighted by Crippen LogP contribution is -2.08. The van der Waals surface area contributed by atoms with Crippen molar-refractivity contribution in [2.75, 3.05) is 5.32 Å². The molecule has 0 amide bonds. The number of benzene rings is 1. The summed E-state index contributed by atoms with van der Waals surface area (Å²) in [4.78, 5) is 13.5. The largest absolute Gasteiger partial charge is 0.381 e. The fraction of sp³-hybridized carbons (Fsp3) is 0.350. The number of aromatic nitrogens is 4. The minimum Gasteiger partial charge on any atom is -0.381 e. The summed E-state index contributed by atoms with van der Waals surface area (Å²) >= 11 is 0. The summed E-state index contributed by atoms with van der Waals surface area (Å²) in [6, 6.07) is 8.49. The zero-order chi connectivity index (χ0) is 17.2. The van der Waals surface area contributed by atoms with Gasteiger partial charge in [-0.15, -0.1) is 0 Å². The van der Waals surface area contributed by atoms with Crippen molar-refractivity contribution in [2.45, 2.75) is 46.2 Å². The maximum absolute atomic E-state index is 4.79. The van der Waals surface area contributed by atoms with Crippen LogP contribution in [0.5, 0.6) is 0 Å². The van der Waals surface area contributed by atoms with Gasteiger partial charge in [-0.1, -0.05) is 12.1 Å². The van der Waals surface area contributed by atoms with Gasteiger partial charge < -0.3 is 9.88 Å². The first-order valence-electron chi connectivity index (χ1n) is 8.88. The van der Waals surface area contributed by atoms with Crippen molar-refractivity contribution in [1.82, 2.24) is 19.5 Å². The van der Waals surface area contributed by atoms with Gasteiger partial charge in [0.15, 0.2) is 0 Å². The molecular formula is C20H23N5. The van der Waals surface area contributed by atoms with Crippen molar-refractivity contribution in [3.05, 3.63) is 59.6 Å². The zero-order valence-corrected chi connectivity index (χ0v) is 14.8. The summed E-state index contributed by atoms with van der Waals surface area (Å²) in [6.07, 6.45) is 7.69.